The van der Waals surface area contributed by atoms with Crippen LogP contribution in [0, 0.1) is 5.82 Å². The molecule has 1 aromatic heterocycles. The van der Waals surface area contributed by atoms with E-state index in [0.29, 0.717) is 12.7 Å². The third-order valence-corrected chi connectivity index (χ3v) is 6.70. The van der Waals surface area contributed by atoms with Gasteiger partial charge in [0.2, 0.25) is 0 Å². The third-order valence-electron chi connectivity index (χ3n) is 5.40. The summed E-state index contributed by atoms with van der Waals surface area (Å²) in [6, 6.07) is 11.1. The Hall–Kier alpha value is -2.19. The van der Waals surface area contributed by atoms with Crippen molar-refractivity contribution in [2.45, 2.75) is 32.7 Å². The minimum absolute atomic E-state index is 0.238. The van der Waals surface area contributed by atoms with E-state index in [1.165, 1.54) is 34.3 Å². The number of rotatable bonds is 5. The van der Waals surface area contributed by atoms with Crippen molar-refractivity contribution < 1.29 is 8.96 Å². The van der Waals surface area contributed by atoms with E-state index in [-0.39, 0.29) is 11.7 Å². The molecule has 2 heterocycles. The first-order valence-corrected chi connectivity index (χ1v) is 12.5. The number of aryl methyl sites for hydroxylation is 1. The largest absolute Gasteiger partial charge is 0.324 e. The lowest BCUT2D eigenvalue weighted by atomic mass is 9.99. The summed E-state index contributed by atoms with van der Waals surface area (Å²) in [5.41, 5.74) is 6.92. The van der Waals surface area contributed by atoms with E-state index in [1.807, 2.05) is 31.7 Å². The predicted octanol–water partition coefficient (Wildman–Crippen LogP) is 5.99. The van der Waals surface area contributed by atoms with Gasteiger partial charge in [0.05, 0.1) is 19.2 Å². The molecule has 0 saturated heterocycles. The van der Waals surface area contributed by atoms with Crippen LogP contribution in [-0.4, -0.2) is 30.3 Å². The molecule has 1 aliphatic rings. The van der Waals surface area contributed by atoms with Crippen molar-refractivity contribution in [3.8, 4) is 5.69 Å². The van der Waals surface area contributed by atoms with Crippen LogP contribution in [0.4, 0.5) is 4.39 Å². The van der Waals surface area contributed by atoms with Gasteiger partial charge in [0.1, 0.15) is 5.82 Å². The molecule has 0 N–H and O–H groups in total. The Balaban J connectivity index is 2.02. The topological polar surface area (TPSA) is 34.4 Å². The summed E-state index contributed by atoms with van der Waals surface area (Å²) in [7, 11) is -2.13. The fraction of sp³-hybridized carbons (Fsp3) is 0.348. The normalized spacial score (nSPS) is 13.6. The van der Waals surface area contributed by atoms with Crippen LogP contribution in [0.1, 0.15) is 42.1 Å². The van der Waals surface area contributed by atoms with Gasteiger partial charge in [0, 0.05) is 29.1 Å². The Morgan fingerprint density at radius 2 is 1.89 bits per heavy atom. The monoisotopic (exact) mass is 396 g/mol. The van der Waals surface area contributed by atoms with Crippen LogP contribution in [0.5, 0.6) is 0 Å². The molecule has 2 aromatic carbocycles. The molecule has 5 heteroatoms. The van der Waals surface area contributed by atoms with Crippen LogP contribution in [0.15, 0.2) is 41.4 Å². The molecule has 0 spiro atoms. The van der Waals surface area contributed by atoms with Crippen LogP contribution in [0.3, 0.4) is 0 Å². The number of fused-ring (bicyclic) bond motifs is 2. The van der Waals surface area contributed by atoms with Gasteiger partial charge in [-0.25, -0.2) is 4.39 Å². The molecule has 0 bridgehead atoms. The molecule has 146 valence electrons. The van der Waals surface area contributed by atoms with E-state index in [0.717, 1.165) is 23.2 Å². The lowest BCUT2D eigenvalue weighted by Crippen LogP contribution is -2.05. The standard InChI is InChI=1S/C23H26FN2OP/c1-15(2)23-20(9-10-28(3,4)27)21-11-16-13-25-14-17(16)12-22(21)26(23)19-7-5-18(24)6-8-19/h5-8,11-12,14-15H,9-10,13H2,1-4H3. The second kappa shape index (κ2) is 7.00. The number of hydrogen-bond acceptors (Lipinski definition) is 2. The number of aromatic nitrogens is 1. The molecule has 0 fully saturated rings. The molecular formula is C23H26FN2OP. The Morgan fingerprint density at radius 3 is 2.54 bits per heavy atom. The fourth-order valence-corrected chi connectivity index (χ4v) is 4.86. The van der Waals surface area contributed by atoms with Crippen LogP contribution in [0.2, 0.25) is 0 Å². The Labute approximate surface area is 165 Å². The minimum Gasteiger partial charge on any atom is -0.324 e. The van der Waals surface area contributed by atoms with Gasteiger partial charge in [0.15, 0.2) is 0 Å². The molecule has 0 atom stereocenters. The molecular weight excluding hydrogens is 370 g/mol. The highest BCUT2D eigenvalue weighted by molar-refractivity contribution is 7.62. The maximum absolute atomic E-state index is 13.6. The van der Waals surface area contributed by atoms with Crippen molar-refractivity contribution in [1.82, 2.24) is 4.57 Å². The summed E-state index contributed by atoms with van der Waals surface area (Å²) in [6.45, 7) is 8.79. The first kappa shape index (κ1) is 19.1. The summed E-state index contributed by atoms with van der Waals surface area (Å²) in [5.74, 6) is 0.0431. The van der Waals surface area contributed by atoms with E-state index >= 15 is 0 Å². The molecule has 0 amide bonds. The lowest BCUT2D eigenvalue weighted by Gasteiger charge is -2.16. The quantitative estimate of drug-likeness (QED) is 0.488. The van der Waals surface area contributed by atoms with Gasteiger partial charge < -0.3 is 9.13 Å². The Bertz CT molecular complexity index is 1120. The average Bonchev–Trinajstić information content (AvgIpc) is 3.19. The first-order valence-electron chi connectivity index (χ1n) is 9.74. The van der Waals surface area contributed by atoms with E-state index < -0.39 is 7.14 Å². The summed E-state index contributed by atoms with van der Waals surface area (Å²) in [4.78, 5) is 4.41. The predicted molar refractivity (Wildman–Crippen MR) is 117 cm³/mol. The van der Waals surface area contributed by atoms with Gasteiger partial charge in [0.25, 0.3) is 0 Å². The zero-order valence-corrected chi connectivity index (χ0v) is 17.8. The summed E-state index contributed by atoms with van der Waals surface area (Å²) in [5, 5.41) is 1.20. The smallest absolute Gasteiger partial charge is 0.123 e. The summed E-state index contributed by atoms with van der Waals surface area (Å²) >= 11 is 0. The van der Waals surface area contributed by atoms with Crippen molar-refractivity contribution in [2.24, 2.45) is 4.99 Å². The second-order valence-corrected chi connectivity index (χ2v) is 12.0. The van der Waals surface area contributed by atoms with Crippen molar-refractivity contribution >= 4 is 24.3 Å². The maximum atomic E-state index is 13.6. The molecule has 3 aromatic rings. The van der Waals surface area contributed by atoms with Crippen LogP contribution in [0.25, 0.3) is 16.6 Å². The lowest BCUT2D eigenvalue weighted by molar-refractivity contribution is 0.582. The van der Waals surface area contributed by atoms with Gasteiger partial charge in [-0.2, -0.15) is 0 Å². The Morgan fingerprint density at radius 1 is 1.18 bits per heavy atom. The third kappa shape index (κ3) is 3.46. The highest BCUT2D eigenvalue weighted by Gasteiger charge is 2.23. The van der Waals surface area contributed by atoms with E-state index in [9.17, 15) is 8.96 Å². The molecule has 0 aliphatic carbocycles. The minimum atomic E-state index is -2.13. The van der Waals surface area contributed by atoms with Crippen molar-refractivity contribution in [1.29, 1.82) is 0 Å². The number of hydrogen-bond donors (Lipinski definition) is 0. The molecule has 0 unspecified atom stereocenters. The fourth-order valence-electron chi connectivity index (χ4n) is 4.10. The highest BCUT2D eigenvalue weighted by atomic mass is 31.2. The van der Waals surface area contributed by atoms with Gasteiger partial charge in [-0.05, 0) is 78.8 Å². The number of benzene rings is 2. The van der Waals surface area contributed by atoms with E-state index in [1.54, 1.807) is 0 Å². The van der Waals surface area contributed by atoms with E-state index in [4.69, 9.17) is 0 Å². The summed E-state index contributed by atoms with van der Waals surface area (Å²) in [6.07, 6.45) is 3.39. The van der Waals surface area contributed by atoms with Crippen LogP contribution >= 0.6 is 7.14 Å². The van der Waals surface area contributed by atoms with E-state index in [2.05, 4.69) is 35.5 Å². The number of halogens is 1. The van der Waals surface area contributed by atoms with Gasteiger partial charge >= 0.3 is 0 Å². The van der Waals surface area contributed by atoms with Crippen LogP contribution < -0.4 is 0 Å². The van der Waals surface area contributed by atoms with Gasteiger partial charge in [-0.1, -0.05) is 13.8 Å². The first-order chi connectivity index (χ1) is 13.2. The SMILES string of the molecule is CC(C)c1c(CCP(C)(C)=O)c2cc3c(cc2n1-c1ccc(F)cc1)C=NC3. The van der Waals surface area contributed by atoms with Gasteiger partial charge in [-0.15, -0.1) is 0 Å². The Kier molecular flexibility index (Phi) is 4.79. The molecule has 4 rings (SSSR count). The average molecular weight is 396 g/mol. The van der Waals surface area contributed by atoms with Crippen molar-refractivity contribution in [3.05, 3.63) is 64.6 Å². The summed E-state index contributed by atoms with van der Waals surface area (Å²) < 4.78 is 28.2. The zero-order valence-electron chi connectivity index (χ0n) is 16.9. The van der Waals surface area contributed by atoms with Crippen molar-refractivity contribution in [3.63, 3.8) is 0 Å². The molecule has 0 saturated carbocycles. The highest BCUT2D eigenvalue weighted by Crippen LogP contribution is 2.41. The molecule has 3 nitrogen and oxygen atoms in total. The number of nitrogens with zero attached hydrogens (tertiary/aromatic N) is 2. The van der Waals surface area contributed by atoms with Crippen molar-refractivity contribution in [2.75, 3.05) is 19.5 Å². The maximum Gasteiger partial charge on any atom is 0.123 e. The van der Waals surface area contributed by atoms with Gasteiger partial charge in [-0.3, -0.25) is 4.99 Å². The van der Waals surface area contributed by atoms with Crippen LogP contribution in [-0.2, 0) is 17.5 Å². The zero-order chi connectivity index (χ0) is 20.1. The molecule has 0 radical (unpaired) electrons. The second-order valence-electron chi connectivity index (χ2n) is 8.42. The number of aliphatic imine (C=N–C) groups is 1. The molecule has 1 aliphatic heterocycles. The molecule has 28 heavy (non-hydrogen) atoms.